The van der Waals surface area contributed by atoms with Gasteiger partial charge >= 0.3 is 13.6 Å². The Balaban J connectivity index is 2.71. The van der Waals surface area contributed by atoms with Gasteiger partial charge in [-0.05, 0) is 26.8 Å². The molecule has 126 valence electrons. The number of phenols is 1. The van der Waals surface area contributed by atoms with E-state index in [0.717, 1.165) is 0 Å². The molecule has 0 spiro atoms. The van der Waals surface area contributed by atoms with Crippen LogP contribution in [0.4, 0.5) is 0 Å². The molecule has 8 heteroatoms. The molecule has 1 aromatic heterocycles. The molecule has 0 fully saturated rings. The summed E-state index contributed by atoms with van der Waals surface area (Å²) in [6.07, 6.45) is 2.59. The number of rotatable bonds is 7. The van der Waals surface area contributed by atoms with E-state index in [-0.39, 0.29) is 41.8 Å². The highest BCUT2D eigenvalue weighted by molar-refractivity contribution is 7.62. The molecule has 1 heterocycles. The molecule has 0 bridgehead atoms. The van der Waals surface area contributed by atoms with Crippen LogP contribution in [-0.4, -0.2) is 30.9 Å². The van der Waals surface area contributed by atoms with Crippen LogP contribution in [0.2, 0.25) is 0 Å². The second-order valence-electron chi connectivity index (χ2n) is 4.54. The van der Waals surface area contributed by atoms with Crippen molar-refractivity contribution in [2.45, 2.75) is 20.8 Å². The molecule has 0 saturated carbocycles. The molecule has 0 aliphatic rings. The number of phenolic OH excluding ortho intramolecular Hbond substituents is 1. The van der Waals surface area contributed by atoms with Gasteiger partial charge in [0, 0.05) is 5.39 Å². The van der Waals surface area contributed by atoms with Gasteiger partial charge in [0.2, 0.25) is 0 Å². The lowest BCUT2D eigenvalue weighted by Gasteiger charge is -2.19. The molecule has 0 saturated heterocycles. The third-order valence-electron chi connectivity index (χ3n) is 3.12. The first-order chi connectivity index (χ1) is 11.0. The van der Waals surface area contributed by atoms with Gasteiger partial charge in [0.25, 0.3) is 0 Å². The number of benzene rings is 1. The zero-order valence-electron chi connectivity index (χ0n) is 13.2. The number of carbonyl (C=O) groups excluding carboxylic acids is 1. The van der Waals surface area contributed by atoms with Crippen molar-refractivity contribution in [1.29, 1.82) is 0 Å². The maximum Gasteiger partial charge on any atom is 0.362 e. The van der Waals surface area contributed by atoms with Crippen molar-refractivity contribution < 1.29 is 32.7 Å². The van der Waals surface area contributed by atoms with Crippen LogP contribution < -0.4 is 5.30 Å². The molecule has 1 N–H and O–H groups in total. The molecule has 0 unspecified atom stereocenters. The van der Waals surface area contributed by atoms with Crippen molar-refractivity contribution in [1.82, 2.24) is 0 Å². The zero-order valence-corrected chi connectivity index (χ0v) is 14.1. The van der Waals surface area contributed by atoms with E-state index < -0.39 is 13.6 Å². The summed E-state index contributed by atoms with van der Waals surface area (Å²) in [4.78, 5) is 12.0. The van der Waals surface area contributed by atoms with Gasteiger partial charge < -0.3 is 23.3 Å². The number of ether oxygens (including phenoxy) is 1. The molecule has 0 aliphatic carbocycles. The highest BCUT2D eigenvalue weighted by atomic mass is 31.2. The van der Waals surface area contributed by atoms with Crippen molar-refractivity contribution in [3.05, 3.63) is 24.2 Å². The summed E-state index contributed by atoms with van der Waals surface area (Å²) in [5.74, 6) is -1.02. The van der Waals surface area contributed by atoms with Gasteiger partial charge in [-0.15, -0.1) is 0 Å². The minimum Gasteiger partial charge on any atom is -0.506 e. The SMILES string of the molecule is CCOC(=O)c1cc(P(=O)(OCC)OCC)c2cocc2c1O. The Labute approximate surface area is 133 Å². The van der Waals surface area contributed by atoms with E-state index >= 15 is 0 Å². The number of aromatic hydroxyl groups is 1. The number of hydrogen-bond acceptors (Lipinski definition) is 7. The maximum atomic E-state index is 13.1. The van der Waals surface area contributed by atoms with Crippen LogP contribution >= 0.6 is 7.60 Å². The third-order valence-corrected chi connectivity index (χ3v) is 5.27. The van der Waals surface area contributed by atoms with E-state index in [1.807, 2.05) is 0 Å². The quantitative estimate of drug-likeness (QED) is 0.610. The van der Waals surface area contributed by atoms with Crippen molar-refractivity contribution in [2.24, 2.45) is 0 Å². The lowest BCUT2D eigenvalue weighted by atomic mass is 10.1. The topological polar surface area (TPSA) is 95.2 Å². The first kappa shape index (κ1) is 17.5. The minimum atomic E-state index is -3.67. The summed E-state index contributed by atoms with van der Waals surface area (Å²) in [6.45, 7) is 5.48. The summed E-state index contributed by atoms with van der Waals surface area (Å²) < 4.78 is 33.7. The normalized spacial score (nSPS) is 11.8. The molecular formula is C15H19O7P. The molecule has 2 rings (SSSR count). The van der Waals surface area contributed by atoms with E-state index in [9.17, 15) is 14.5 Å². The van der Waals surface area contributed by atoms with E-state index in [2.05, 4.69) is 0 Å². The summed E-state index contributed by atoms with van der Waals surface area (Å²) in [5, 5.41) is 11.0. The van der Waals surface area contributed by atoms with Gasteiger partial charge in [0.05, 0.1) is 36.8 Å². The van der Waals surface area contributed by atoms with Crippen LogP contribution in [0.5, 0.6) is 5.75 Å². The van der Waals surface area contributed by atoms with Crippen molar-refractivity contribution >= 4 is 29.6 Å². The molecule has 23 heavy (non-hydrogen) atoms. The van der Waals surface area contributed by atoms with Gasteiger partial charge in [-0.1, -0.05) is 0 Å². The van der Waals surface area contributed by atoms with E-state index in [1.54, 1.807) is 20.8 Å². The van der Waals surface area contributed by atoms with Crippen LogP contribution in [0, 0.1) is 0 Å². The second-order valence-corrected chi connectivity index (χ2v) is 6.54. The average Bonchev–Trinajstić information content (AvgIpc) is 2.98. The molecule has 7 nitrogen and oxygen atoms in total. The predicted octanol–water partition coefficient (Wildman–Crippen LogP) is 3.21. The van der Waals surface area contributed by atoms with Crippen LogP contribution in [0.1, 0.15) is 31.1 Å². The fourth-order valence-corrected chi connectivity index (χ4v) is 4.00. The smallest absolute Gasteiger partial charge is 0.362 e. The molecule has 1 aromatic carbocycles. The number of furan rings is 1. The van der Waals surface area contributed by atoms with Gasteiger partial charge in [-0.25, -0.2) is 4.79 Å². The number of fused-ring (bicyclic) bond motifs is 1. The highest BCUT2D eigenvalue weighted by Gasteiger charge is 2.33. The Hall–Kier alpha value is -1.82. The maximum absolute atomic E-state index is 13.1. The Morgan fingerprint density at radius 2 is 1.74 bits per heavy atom. The van der Waals surface area contributed by atoms with Crippen molar-refractivity contribution in [2.75, 3.05) is 19.8 Å². The number of carbonyl (C=O) groups is 1. The Bertz CT molecular complexity index is 740. The first-order valence-corrected chi connectivity index (χ1v) is 8.81. The van der Waals surface area contributed by atoms with E-state index in [1.165, 1.54) is 18.6 Å². The Kier molecular flexibility index (Phi) is 5.46. The number of hydrogen-bond donors (Lipinski definition) is 1. The highest BCUT2D eigenvalue weighted by Crippen LogP contribution is 2.50. The summed E-state index contributed by atoms with van der Waals surface area (Å²) in [6, 6.07) is 1.28. The van der Waals surface area contributed by atoms with Gasteiger partial charge in [0.15, 0.2) is 0 Å². The Morgan fingerprint density at radius 3 is 2.30 bits per heavy atom. The summed E-state index contributed by atoms with van der Waals surface area (Å²) in [5.41, 5.74) is -0.115. The number of esters is 1. The lowest BCUT2D eigenvalue weighted by Crippen LogP contribution is -2.15. The van der Waals surface area contributed by atoms with Crippen molar-refractivity contribution in [3.63, 3.8) is 0 Å². The van der Waals surface area contributed by atoms with Gasteiger partial charge in [-0.2, -0.15) is 0 Å². The molecular weight excluding hydrogens is 323 g/mol. The van der Waals surface area contributed by atoms with Crippen LogP contribution in [0.3, 0.4) is 0 Å². The standard InChI is InChI=1S/C15H19O7P/c1-4-20-15(17)10-7-13(23(18,21-5-2)22-6-3)11-8-19-9-12(11)14(10)16/h7-9,16H,4-6H2,1-3H3. The van der Waals surface area contributed by atoms with Crippen LogP contribution in [0.25, 0.3) is 10.8 Å². The third kappa shape index (κ3) is 3.27. The van der Waals surface area contributed by atoms with Crippen molar-refractivity contribution in [3.8, 4) is 5.75 Å². The monoisotopic (exact) mass is 342 g/mol. The molecule has 0 atom stereocenters. The molecule has 0 radical (unpaired) electrons. The minimum absolute atomic E-state index is 0.115. The van der Waals surface area contributed by atoms with Gasteiger partial charge in [0.1, 0.15) is 17.6 Å². The average molecular weight is 342 g/mol. The molecule has 2 aromatic rings. The second kappa shape index (κ2) is 7.17. The molecule has 0 amide bonds. The summed E-state index contributed by atoms with van der Waals surface area (Å²) >= 11 is 0. The lowest BCUT2D eigenvalue weighted by molar-refractivity contribution is 0.0523. The van der Waals surface area contributed by atoms with Crippen LogP contribution in [-0.2, 0) is 18.3 Å². The first-order valence-electron chi connectivity index (χ1n) is 7.27. The van der Waals surface area contributed by atoms with E-state index in [0.29, 0.717) is 5.39 Å². The molecule has 0 aliphatic heterocycles. The summed E-state index contributed by atoms with van der Waals surface area (Å²) in [7, 11) is -3.67. The Morgan fingerprint density at radius 1 is 1.13 bits per heavy atom. The fraction of sp³-hybridized carbons (Fsp3) is 0.400. The van der Waals surface area contributed by atoms with E-state index in [4.69, 9.17) is 18.2 Å². The zero-order chi connectivity index (χ0) is 17.0. The van der Waals surface area contributed by atoms with Crippen LogP contribution in [0.15, 0.2) is 23.0 Å². The fourth-order valence-electron chi connectivity index (χ4n) is 2.21. The predicted molar refractivity (Wildman–Crippen MR) is 84.3 cm³/mol. The largest absolute Gasteiger partial charge is 0.506 e. The van der Waals surface area contributed by atoms with Gasteiger partial charge in [-0.3, -0.25) is 4.57 Å².